The fourth-order valence-electron chi connectivity index (χ4n) is 4.30. The van der Waals surface area contributed by atoms with Gasteiger partial charge >= 0.3 is 6.03 Å². The van der Waals surface area contributed by atoms with Gasteiger partial charge in [-0.2, -0.15) is 0 Å². The lowest BCUT2D eigenvalue weighted by atomic mass is 10.00. The van der Waals surface area contributed by atoms with Crippen molar-refractivity contribution in [3.8, 4) is 11.5 Å². The second-order valence-corrected chi connectivity index (χ2v) is 8.41. The summed E-state index contributed by atoms with van der Waals surface area (Å²) < 4.78 is 11.3. The van der Waals surface area contributed by atoms with E-state index in [-0.39, 0.29) is 6.03 Å². The van der Waals surface area contributed by atoms with Crippen LogP contribution in [0.5, 0.6) is 11.5 Å². The number of hydrogen-bond donors (Lipinski definition) is 1. The SMILES string of the molecule is O=C(NCc1cccc(Oc2ccccc2)c1)N1CCN(C2=CC=C(c3cnco3)CC2)CC1. The number of urea groups is 1. The van der Waals surface area contributed by atoms with Crippen LogP contribution in [0.25, 0.3) is 5.57 Å². The number of allylic oxidation sites excluding steroid dienone is 4. The smallest absolute Gasteiger partial charge is 0.317 e. The van der Waals surface area contributed by atoms with Gasteiger partial charge in [-0.3, -0.25) is 0 Å². The van der Waals surface area contributed by atoms with E-state index >= 15 is 0 Å². The molecule has 1 aliphatic heterocycles. The van der Waals surface area contributed by atoms with Crippen LogP contribution in [0.2, 0.25) is 0 Å². The van der Waals surface area contributed by atoms with Gasteiger partial charge in [0.05, 0.1) is 6.20 Å². The molecule has 0 saturated carbocycles. The van der Waals surface area contributed by atoms with Crippen LogP contribution in [0.1, 0.15) is 24.2 Å². The van der Waals surface area contributed by atoms with Crippen molar-refractivity contribution in [2.45, 2.75) is 19.4 Å². The topological polar surface area (TPSA) is 70.8 Å². The summed E-state index contributed by atoms with van der Waals surface area (Å²) in [4.78, 5) is 21.0. The van der Waals surface area contributed by atoms with Crippen molar-refractivity contribution in [1.29, 1.82) is 0 Å². The van der Waals surface area contributed by atoms with Crippen LogP contribution >= 0.6 is 0 Å². The number of rotatable bonds is 6. The van der Waals surface area contributed by atoms with E-state index in [0.717, 1.165) is 48.8 Å². The first-order chi connectivity index (χ1) is 16.7. The maximum atomic E-state index is 12.7. The summed E-state index contributed by atoms with van der Waals surface area (Å²) in [5, 5.41) is 3.05. The molecule has 2 heterocycles. The Kier molecular flexibility index (Phi) is 6.61. The Morgan fingerprint density at radius 1 is 0.971 bits per heavy atom. The number of oxazole rings is 1. The maximum Gasteiger partial charge on any atom is 0.317 e. The molecule has 5 rings (SSSR count). The minimum absolute atomic E-state index is 0.0286. The molecule has 7 nitrogen and oxygen atoms in total. The molecular weight excluding hydrogens is 428 g/mol. The average molecular weight is 457 g/mol. The highest BCUT2D eigenvalue weighted by Gasteiger charge is 2.23. The van der Waals surface area contributed by atoms with Crippen LogP contribution in [-0.2, 0) is 6.54 Å². The Labute approximate surface area is 199 Å². The average Bonchev–Trinajstić information content (AvgIpc) is 3.44. The minimum atomic E-state index is -0.0286. The van der Waals surface area contributed by atoms with Crippen LogP contribution in [0.15, 0.2) is 89.5 Å². The molecule has 3 aromatic rings. The van der Waals surface area contributed by atoms with E-state index in [9.17, 15) is 4.79 Å². The zero-order valence-electron chi connectivity index (χ0n) is 19.0. The van der Waals surface area contributed by atoms with E-state index < -0.39 is 0 Å². The van der Waals surface area contributed by atoms with Crippen LogP contribution < -0.4 is 10.1 Å². The molecule has 1 aromatic heterocycles. The number of benzene rings is 2. The normalized spacial score (nSPS) is 16.0. The van der Waals surface area contributed by atoms with Gasteiger partial charge in [-0.05, 0) is 54.3 Å². The number of piperazine rings is 1. The maximum absolute atomic E-state index is 12.7. The third-order valence-electron chi connectivity index (χ3n) is 6.17. The summed E-state index contributed by atoms with van der Waals surface area (Å²) in [6, 6.07) is 17.5. The van der Waals surface area contributed by atoms with Crippen LogP contribution in [0.3, 0.4) is 0 Å². The molecule has 0 unspecified atom stereocenters. The molecule has 174 valence electrons. The van der Waals surface area contributed by atoms with Crippen LogP contribution in [0, 0.1) is 0 Å². The zero-order valence-corrected chi connectivity index (χ0v) is 19.0. The first-order valence-corrected chi connectivity index (χ1v) is 11.6. The molecule has 0 bridgehead atoms. The van der Waals surface area contributed by atoms with E-state index in [4.69, 9.17) is 9.15 Å². The predicted molar refractivity (Wildman–Crippen MR) is 130 cm³/mol. The summed E-state index contributed by atoms with van der Waals surface area (Å²) in [5.74, 6) is 2.39. The van der Waals surface area contributed by atoms with Crippen LogP contribution in [0.4, 0.5) is 4.79 Å². The molecule has 1 N–H and O–H groups in total. The highest BCUT2D eigenvalue weighted by atomic mass is 16.5. The number of carbonyl (C=O) groups is 1. The van der Waals surface area contributed by atoms with Gasteiger partial charge in [0, 0.05) is 38.4 Å². The van der Waals surface area contributed by atoms with Crippen LogP contribution in [-0.4, -0.2) is 47.0 Å². The second kappa shape index (κ2) is 10.3. The Bertz CT molecular complexity index is 1160. The minimum Gasteiger partial charge on any atom is -0.457 e. The van der Waals surface area contributed by atoms with Gasteiger partial charge in [-0.25, -0.2) is 9.78 Å². The number of amides is 2. The van der Waals surface area contributed by atoms with Gasteiger partial charge in [-0.15, -0.1) is 0 Å². The largest absolute Gasteiger partial charge is 0.457 e. The van der Waals surface area contributed by atoms with Gasteiger partial charge in [0.2, 0.25) is 0 Å². The fourth-order valence-corrected chi connectivity index (χ4v) is 4.30. The number of nitrogens with zero attached hydrogens (tertiary/aromatic N) is 3. The van der Waals surface area contributed by atoms with E-state index in [0.29, 0.717) is 19.6 Å². The molecule has 2 amide bonds. The van der Waals surface area contributed by atoms with E-state index in [1.807, 2.05) is 59.5 Å². The quantitative estimate of drug-likeness (QED) is 0.562. The molecule has 0 atom stereocenters. The number of nitrogens with one attached hydrogen (secondary N) is 1. The Hall–Kier alpha value is -4.00. The van der Waals surface area contributed by atoms with E-state index in [2.05, 4.69) is 27.4 Å². The first kappa shape index (κ1) is 21.8. The number of para-hydroxylation sites is 1. The third kappa shape index (κ3) is 5.31. The van der Waals surface area contributed by atoms with Crippen molar-refractivity contribution in [3.05, 3.63) is 96.4 Å². The monoisotopic (exact) mass is 456 g/mol. The Balaban J connectivity index is 1.10. The molecular formula is C27H28N4O3. The number of hydrogen-bond acceptors (Lipinski definition) is 5. The summed E-state index contributed by atoms with van der Waals surface area (Å²) in [6.45, 7) is 3.56. The highest BCUT2D eigenvalue weighted by Crippen LogP contribution is 2.28. The molecule has 0 radical (unpaired) electrons. The number of ether oxygens (including phenoxy) is 1. The van der Waals surface area contributed by atoms with Gasteiger partial charge in [0.25, 0.3) is 0 Å². The molecule has 7 heteroatoms. The lowest BCUT2D eigenvalue weighted by Crippen LogP contribution is -2.51. The lowest BCUT2D eigenvalue weighted by molar-refractivity contribution is 0.155. The molecule has 1 saturated heterocycles. The molecule has 0 spiro atoms. The summed E-state index contributed by atoms with van der Waals surface area (Å²) in [6.07, 6.45) is 9.42. The molecule has 1 aliphatic carbocycles. The van der Waals surface area contributed by atoms with Gasteiger partial charge in [0.15, 0.2) is 6.39 Å². The van der Waals surface area contributed by atoms with Crippen molar-refractivity contribution >= 4 is 11.6 Å². The van der Waals surface area contributed by atoms with E-state index in [1.165, 1.54) is 17.7 Å². The third-order valence-corrected chi connectivity index (χ3v) is 6.17. The Morgan fingerprint density at radius 3 is 2.53 bits per heavy atom. The first-order valence-electron chi connectivity index (χ1n) is 11.6. The van der Waals surface area contributed by atoms with Crippen molar-refractivity contribution in [2.24, 2.45) is 0 Å². The number of aromatic nitrogens is 1. The molecule has 1 fully saturated rings. The second-order valence-electron chi connectivity index (χ2n) is 8.41. The van der Waals surface area contributed by atoms with Gasteiger partial charge < -0.3 is 24.3 Å². The molecule has 34 heavy (non-hydrogen) atoms. The summed E-state index contributed by atoms with van der Waals surface area (Å²) in [5.41, 5.74) is 3.50. The highest BCUT2D eigenvalue weighted by molar-refractivity contribution is 5.74. The van der Waals surface area contributed by atoms with Gasteiger partial charge in [0.1, 0.15) is 17.3 Å². The summed E-state index contributed by atoms with van der Waals surface area (Å²) in [7, 11) is 0. The zero-order chi connectivity index (χ0) is 23.2. The summed E-state index contributed by atoms with van der Waals surface area (Å²) >= 11 is 0. The molecule has 2 aromatic carbocycles. The fraction of sp³-hybridized carbons (Fsp3) is 0.259. The lowest BCUT2D eigenvalue weighted by Gasteiger charge is -2.38. The van der Waals surface area contributed by atoms with Gasteiger partial charge in [-0.1, -0.05) is 36.4 Å². The van der Waals surface area contributed by atoms with Crippen molar-refractivity contribution in [3.63, 3.8) is 0 Å². The molecule has 2 aliphatic rings. The van der Waals surface area contributed by atoms with Crippen molar-refractivity contribution < 1.29 is 13.9 Å². The predicted octanol–water partition coefficient (Wildman–Crippen LogP) is 5.06. The Morgan fingerprint density at radius 2 is 1.79 bits per heavy atom. The van der Waals surface area contributed by atoms with E-state index in [1.54, 1.807) is 6.20 Å². The number of carbonyl (C=O) groups excluding carboxylic acids is 1. The van der Waals surface area contributed by atoms with Crippen molar-refractivity contribution in [1.82, 2.24) is 20.1 Å². The standard InChI is InChI=1S/C27H28N4O3/c32-27(29-18-21-5-4-8-25(17-21)34-24-6-2-1-3-7-24)31-15-13-30(14-16-31)23-11-9-22(10-12-23)26-19-28-20-33-26/h1-9,11,17,19-20H,10,12-16,18H2,(H,29,32). The van der Waals surface area contributed by atoms with Crippen molar-refractivity contribution in [2.75, 3.05) is 26.2 Å².